The molecule has 0 bridgehead atoms. The molecule has 5 atom stereocenters. The number of hydrogen-bond donors (Lipinski definition) is 0. The summed E-state index contributed by atoms with van der Waals surface area (Å²) in [4.78, 5) is 2.83. The molecule has 1 heteroatoms. The molecule has 1 nitrogen and oxygen atoms in total. The first-order valence-corrected chi connectivity index (χ1v) is 19.7. The highest BCUT2D eigenvalue weighted by Crippen LogP contribution is 2.54. The monoisotopic (exact) mass is 665 g/mol. The molecule has 2 fully saturated rings. The fourth-order valence-corrected chi connectivity index (χ4v) is 10.3. The molecule has 0 aromatic heterocycles. The number of nitrogens with zero attached hydrogens (tertiary/aromatic N) is 1. The van der Waals surface area contributed by atoms with Gasteiger partial charge in [-0.05, 0) is 124 Å². The molecule has 1 heterocycles. The van der Waals surface area contributed by atoms with Gasteiger partial charge >= 0.3 is 0 Å². The molecule has 0 spiro atoms. The second-order valence-electron chi connectivity index (χ2n) is 16.5. The van der Waals surface area contributed by atoms with Crippen LogP contribution in [0, 0.1) is 11.3 Å². The summed E-state index contributed by atoms with van der Waals surface area (Å²) in [6.07, 6.45) is 22.5. The van der Waals surface area contributed by atoms with Gasteiger partial charge in [-0.25, -0.2) is 0 Å². The van der Waals surface area contributed by atoms with Crippen molar-refractivity contribution in [2.75, 3.05) is 4.90 Å². The summed E-state index contributed by atoms with van der Waals surface area (Å²) in [5.74, 6) is 1.80. The standard InChI is InChI=1S/C50H51N/c1-50(2)33-42(40-23-21-36-15-9-10-16-39(36)31-40)17-7-4-8-18-43(34-50)41-24-22-38-27-30-48-49(46(38)32-41)45-19-11-12-20-47(45)51(48)44-28-25-37(26-29-44)35-13-5-3-6-14-35/h3,5-7,9-10,13-17,21-33,43,45,47-49H,4,8,11-12,18-20,34H2,1-2H3/b17-7-,42-33+/t43?,45?,47-,48?,49?/m0/s1. The summed E-state index contributed by atoms with van der Waals surface area (Å²) < 4.78 is 0. The number of benzene rings is 5. The van der Waals surface area contributed by atoms with Crippen LogP contribution in [0.25, 0.3) is 33.5 Å². The van der Waals surface area contributed by atoms with Crippen molar-refractivity contribution in [3.63, 3.8) is 0 Å². The van der Waals surface area contributed by atoms with Crippen molar-refractivity contribution in [3.05, 3.63) is 162 Å². The Labute approximate surface area is 305 Å². The van der Waals surface area contributed by atoms with Gasteiger partial charge in [0.05, 0.1) is 6.04 Å². The third-order valence-electron chi connectivity index (χ3n) is 12.6. The Hall–Kier alpha value is -4.62. The summed E-state index contributed by atoms with van der Waals surface area (Å²) in [6, 6.07) is 44.6. The minimum absolute atomic E-state index is 0.0657. The zero-order valence-electron chi connectivity index (χ0n) is 30.3. The normalized spacial score (nSPS) is 27.1. The fourth-order valence-electron chi connectivity index (χ4n) is 10.3. The van der Waals surface area contributed by atoms with Crippen LogP contribution in [0.5, 0.6) is 0 Å². The minimum Gasteiger partial charge on any atom is -0.361 e. The van der Waals surface area contributed by atoms with E-state index < -0.39 is 0 Å². The van der Waals surface area contributed by atoms with Gasteiger partial charge in [-0.15, -0.1) is 0 Å². The van der Waals surface area contributed by atoms with Crippen LogP contribution in [-0.4, -0.2) is 12.1 Å². The van der Waals surface area contributed by atoms with Crippen molar-refractivity contribution < 1.29 is 0 Å². The summed E-state index contributed by atoms with van der Waals surface area (Å²) >= 11 is 0. The molecule has 1 aliphatic heterocycles. The molecule has 1 saturated carbocycles. The maximum absolute atomic E-state index is 2.83. The Morgan fingerprint density at radius 1 is 0.647 bits per heavy atom. The molecule has 0 amide bonds. The topological polar surface area (TPSA) is 3.24 Å². The molecule has 9 rings (SSSR count). The maximum Gasteiger partial charge on any atom is 0.0551 e. The molecule has 1 saturated heterocycles. The van der Waals surface area contributed by atoms with Crippen LogP contribution in [0.15, 0.2) is 140 Å². The van der Waals surface area contributed by atoms with Gasteiger partial charge in [-0.1, -0.05) is 154 Å². The van der Waals surface area contributed by atoms with Crippen LogP contribution >= 0.6 is 0 Å². The third-order valence-corrected chi connectivity index (χ3v) is 12.6. The van der Waals surface area contributed by atoms with E-state index in [1.54, 1.807) is 11.1 Å². The second kappa shape index (κ2) is 13.5. The number of fused-ring (bicyclic) bond motifs is 6. The van der Waals surface area contributed by atoms with Crippen LogP contribution in [0.1, 0.15) is 99.3 Å². The van der Waals surface area contributed by atoms with Crippen LogP contribution in [0.2, 0.25) is 0 Å². The van der Waals surface area contributed by atoms with Gasteiger partial charge in [0.15, 0.2) is 0 Å². The minimum atomic E-state index is 0.0657. The molecular formula is C50H51N. The molecule has 256 valence electrons. The summed E-state index contributed by atoms with van der Waals surface area (Å²) in [5.41, 5.74) is 11.3. The van der Waals surface area contributed by atoms with Crippen molar-refractivity contribution in [2.45, 2.75) is 89.1 Å². The lowest BCUT2D eigenvalue weighted by Crippen LogP contribution is -2.38. The number of hydrogen-bond acceptors (Lipinski definition) is 1. The van der Waals surface area contributed by atoms with Gasteiger partial charge in [-0.2, -0.15) is 0 Å². The first kappa shape index (κ1) is 32.3. The van der Waals surface area contributed by atoms with Crippen molar-refractivity contribution in [3.8, 4) is 11.1 Å². The summed E-state index contributed by atoms with van der Waals surface area (Å²) in [5, 5.41) is 2.62. The second-order valence-corrected chi connectivity index (χ2v) is 16.5. The van der Waals surface area contributed by atoms with Crippen molar-refractivity contribution in [1.29, 1.82) is 0 Å². The van der Waals surface area contributed by atoms with Gasteiger partial charge in [0.25, 0.3) is 0 Å². The van der Waals surface area contributed by atoms with E-state index in [0.29, 0.717) is 29.8 Å². The van der Waals surface area contributed by atoms with E-state index in [4.69, 9.17) is 0 Å². The zero-order chi connectivity index (χ0) is 34.4. The fraction of sp³-hybridized carbons (Fsp3) is 0.320. The Morgan fingerprint density at radius 3 is 2.27 bits per heavy atom. The summed E-state index contributed by atoms with van der Waals surface area (Å²) in [7, 11) is 0. The maximum atomic E-state index is 2.83. The molecule has 0 radical (unpaired) electrons. The molecule has 3 aliphatic carbocycles. The van der Waals surface area contributed by atoms with E-state index in [1.807, 2.05) is 0 Å². The van der Waals surface area contributed by atoms with Crippen molar-refractivity contribution in [1.82, 2.24) is 0 Å². The molecule has 51 heavy (non-hydrogen) atoms. The van der Waals surface area contributed by atoms with E-state index >= 15 is 0 Å². The van der Waals surface area contributed by atoms with E-state index in [-0.39, 0.29) is 5.41 Å². The largest absolute Gasteiger partial charge is 0.361 e. The average molecular weight is 666 g/mol. The lowest BCUT2D eigenvalue weighted by Gasteiger charge is -2.35. The van der Waals surface area contributed by atoms with Crippen LogP contribution in [-0.2, 0) is 0 Å². The molecule has 5 aromatic rings. The smallest absolute Gasteiger partial charge is 0.0551 e. The van der Waals surface area contributed by atoms with Gasteiger partial charge in [0, 0.05) is 17.6 Å². The SMILES string of the molecule is CC1(C)/C=C(c2ccc3ccccc3c2)\C=C/CCCC(c2ccc3c(c2)C2C4CCCC[C@@H]4N(c4ccc(-c5ccccc5)cc4)C2C=C3)C1. The Kier molecular flexibility index (Phi) is 8.55. The third kappa shape index (κ3) is 6.31. The lowest BCUT2D eigenvalue weighted by molar-refractivity contribution is 0.318. The van der Waals surface area contributed by atoms with Crippen molar-refractivity contribution in [2.24, 2.45) is 11.3 Å². The van der Waals surface area contributed by atoms with Gasteiger partial charge < -0.3 is 4.90 Å². The molecular weight excluding hydrogens is 615 g/mol. The van der Waals surface area contributed by atoms with E-state index in [1.165, 1.54) is 82.8 Å². The average Bonchev–Trinajstić information content (AvgIpc) is 3.51. The number of allylic oxidation sites excluding steroid dienone is 4. The molecule has 4 unspecified atom stereocenters. The number of rotatable bonds is 4. The zero-order valence-corrected chi connectivity index (χ0v) is 30.3. The number of anilines is 1. The predicted octanol–water partition coefficient (Wildman–Crippen LogP) is 13.4. The Bertz CT molecular complexity index is 2110. The Morgan fingerprint density at radius 2 is 1.41 bits per heavy atom. The summed E-state index contributed by atoms with van der Waals surface area (Å²) in [6.45, 7) is 4.91. The quantitative estimate of drug-likeness (QED) is 0.185. The van der Waals surface area contributed by atoms with E-state index in [9.17, 15) is 0 Å². The molecule has 0 N–H and O–H groups in total. The highest BCUT2D eigenvalue weighted by Gasteiger charge is 2.50. The van der Waals surface area contributed by atoms with E-state index in [0.717, 1.165) is 12.8 Å². The predicted molar refractivity (Wildman–Crippen MR) is 218 cm³/mol. The lowest BCUT2D eigenvalue weighted by atomic mass is 9.71. The van der Waals surface area contributed by atoms with Crippen molar-refractivity contribution >= 4 is 28.1 Å². The van der Waals surface area contributed by atoms with Crippen LogP contribution in [0.3, 0.4) is 0 Å². The first-order chi connectivity index (χ1) is 25.0. The van der Waals surface area contributed by atoms with Gasteiger partial charge in [-0.3, -0.25) is 0 Å². The van der Waals surface area contributed by atoms with Crippen LogP contribution in [0.4, 0.5) is 5.69 Å². The highest BCUT2D eigenvalue weighted by molar-refractivity contribution is 5.88. The van der Waals surface area contributed by atoms with Gasteiger partial charge in [0.2, 0.25) is 0 Å². The van der Waals surface area contributed by atoms with E-state index in [2.05, 4.69) is 164 Å². The first-order valence-electron chi connectivity index (χ1n) is 19.7. The van der Waals surface area contributed by atoms with Gasteiger partial charge in [0.1, 0.15) is 0 Å². The van der Waals surface area contributed by atoms with Crippen LogP contribution < -0.4 is 4.90 Å². The molecule has 4 aliphatic rings. The highest BCUT2D eigenvalue weighted by atomic mass is 15.2. The Balaban J connectivity index is 1.02. The molecule has 5 aromatic carbocycles.